The molecular formula is C18H34O2. The zero-order valence-corrected chi connectivity index (χ0v) is 13.7. The molecular weight excluding hydrogens is 248 g/mol. The number of carbonyl (C=O) groups is 1. The van der Waals surface area contributed by atoms with Crippen LogP contribution in [-0.4, -0.2) is 11.1 Å². The Bertz CT molecular complexity index is 273. The Morgan fingerprint density at radius 1 is 1.10 bits per heavy atom. The number of rotatable bonds is 9. The van der Waals surface area contributed by atoms with E-state index in [1.54, 1.807) is 0 Å². The summed E-state index contributed by atoms with van der Waals surface area (Å²) in [5, 5.41) is 9.41. The average molecular weight is 282 g/mol. The van der Waals surface area contributed by atoms with E-state index in [1.165, 1.54) is 38.5 Å². The summed E-state index contributed by atoms with van der Waals surface area (Å²) in [5.41, 5.74) is 0. The fourth-order valence-corrected chi connectivity index (χ4v) is 3.74. The van der Waals surface area contributed by atoms with Crippen LogP contribution in [0, 0.1) is 23.7 Å². The van der Waals surface area contributed by atoms with Crippen molar-refractivity contribution >= 4 is 5.97 Å². The monoisotopic (exact) mass is 282 g/mol. The van der Waals surface area contributed by atoms with Crippen molar-refractivity contribution in [3.05, 3.63) is 0 Å². The van der Waals surface area contributed by atoms with E-state index in [0.29, 0.717) is 11.8 Å². The van der Waals surface area contributed by atoms with Crippen molar-refractivity contribution in [2.45, 2.75) is 85.0 Å². The summed E-state index contributed by atoms with van der Waals surface area (Å²) in [5.74, 6) is 1.26. The van der Waals surface area contributed by atoms with Crippen molar-refractivity contribution in [2.24, 2.45) is 23.7 Å². The molecule has 3 atom stereocenters. The van der Waals surface area contributed by atoms with Gasteiger partial charge in [0, 0.05) is 0 Å². The first kappa shape index (κ1) is 17.5. The maximum atomic E-state index is 11.4. The molecule has 1 fully saturated rings. The van der Waals surface area contributed by atoms with Crippen molar-refractivity contribution in [1.82, 2.24) is 0 Å². The van der Waals surface area contributed by atoms with Crippen LogP contribution >= 0.6 is 0 Å². The minimum absolute atomic E-state index is 0.0689. The molecule has 0 aliphatic heterocycles. The third-order valence-corrected chi connectivity index (χ3v) is 5.21. The van der Waals surface area contributed by atoms with Crippen LogP contribution in [0.5, 0.6) is 0 Å². The number of carboxylic acid groups (broad SMARTS) is 1. The first-order valence-electron chi connectivity index (χ1n) is 8.79. The van der Waals surface area contributed by atoms with Gasteiger partial charge in [0.25, 0.3) is 0 Å². The van der Waals surface area contributed by atoms with Crippen molar-refractivity contribution in [1.29, 1.82) is 0 Å². The largest absolute Gasteiger partial charge is 0.481 e. The SMILES string of the molecule is CCCCCCCCC1CC(C(C)C)CCC1C(=O)O. The minimum Gasteiger partial charge on any atom is -0.481 e. The Hall–Kier alpha value is -0.530. The number of hydrogen-bond acceptors (Lipinski definition) is 1. The van der Waals surface area contributed by atoms with Gasteiger partial charge in [-0.3, -0.25) is 4.79 Å². The van der Waals surface area contributed by atoms with Crippen LogP contribution < -0.4 is 0 Å². The molecule has 0 bridgehead atoms. The van der Waals surface area contributed by atoms with E-state index in [-0.39, 0.29) is 5.92 Å². The summed E-state index contributed by atoms with van der Waals surface area (Å²) < 4.78 is 0. The van der Waals surface area contributed by atoms with Gasteiger partial charge in [-0.25, -0.2) is 0 Å². The van der Waals surface area contributed by atoms with Gasteiger partial charge >= 0.3 is 5.97 Å². The molecule has 0 spiro atoms. The Labute approximate surface area is 125 Å². The highest BCUT2D eigenvalue weighted by molar-refractivity contribution is 5.70. The average Bonchev–Trinajstić information content (AvgIpc) is 2.42. The van der Waals surface area contributed by atoms with E-state index in [0.717, 1.165) is 31.6 Å². The molecule has 1 saturated carbocycles. The van der Waals surface area contributed by atoms with Gasteiger partial charge in [-0.05, 0) is 43.4 Å². The summed E-state index contributed by atoms with van der Waals surface area (Å²) >= 11 is 0. The molecule has 0 aromatic heterocycles. The summed E-state index contributed by atoms with van der Waals surface area (Å²) in [6.45, 7) is 6.81. The molecule has 0 aromatic carbocycles. The number of hydrogen-bond donors (Lipinski definition) is 1. The van der Waals surface area contributed by atoms with E-state index in [9.17, 15) is 9.90 Å². The minimum atomic E-state index is -0.553. The van der Waals surface area contributed by atoms with E-state index < -0.39 is 5.97 Å². The van der Waals surface area contributed by atoms with Crippen LogP contribution in [0.25, 0.3) is 0 Å². The maximum Gasteiger partial charge on any atom is 0.306 e. The number of carboxylic acids is 1. The van der Waals surface area contributed by atoms with Gasteiger partial charge in [0.1, 0.15) is 0 Å². The lowest BCUT2D eigenvalue weighted by Crippen LogP contribution is -2.32. The molecule has 3 unspecified atom stereocenters. The van der Waals surface area contributed by atoms with Gasteiger partial charge in [0.2, 0.25) is 0 Å². The summed E-state index contributed by atoms with van der Waals surface area (Å²) in [6, 6.07) is 0. The lowest BCUT2D eigenvalue weighted by Gasteiger charge is -2.36. The van der Waals surface area contributed by atoms with Crippen molar-refractivity contribution < 1.29 is 9.90 Å². The predicted molar refractivity (Wildman–Crippen MR) is 84.8 cm³/mol. The van der Waals surface area contributed by atoms with Gasteiger partial charge in [-0.1, -0.05) is 59.3 Å². The van der Waals surface area contributed by atoms with E-state index >= 15 is 0 Å². The van der Waals surface area contributed by atoms with E-state index in [1.807, 2.05) is 0 Å². The standard InChI is InChI=1S/C18H34O2/c1-4-5-6-7-8-9-10-16-13-15(14(2)3)11-12-17(16)18(19)20/h14-17H,4-13H2,1-3H3,(H,19,20). The fraction of sp³-hybridized carbons (Fsp3) is 0.944. The maximum absolute atomic E-state index is 11.4. The highest BCUT2D eigenvalue weighted by atomic mass is 16.4. The van der Waals surface area contributed by atoms with Gasteiger partial charge in [-0.15, -0.1) is 0 Å². The van der Waals surface area contributed by atoms with E-state index in [4.69, 9.17) is 0 Å². The van der Waals surface area contributed by atoms with Crippen LogP contribution in [0.4, 0.5) is 0 Å². The summed E-state index contributed by atoms with van der Waals surface area (Å²) in [6.07, 6.45) is 12.1. The molecule has 2 heteroatoms. The first-order chi connectivity index (χ1) is 9.56. The quantitative estimate of drug-likeness (QED) is 0.566. The lowest BCUT2D eigenvalue weighted by molar-refractivity contribution is -0.145. The van der Waals surface area contributed by atoms with Gasteiger partial charge in [0.05, 0.1) is 5.92 Å². The second-order valence-corrected chi connectivity index (χ2v) is 7.08. The molecule has 0 heterocycles. The highest BCUT2D eigenvalue weighted by Gasteiger charge is 2.35. The molecule has 2 nitrogen and oxygen atoms in total. The Morgan fingerprint density at radius 3 is 2.35 bits per heavy atom. The number of aliphatic carboxylic acids is 1. The second-order valence-electron chi connectivity index (χ2n) is 7.08. The molecule has 0 radical (unpaired) electrons. The second kappa shape index (κ2) is 9.41. The summed E-state index contributed by atoms with van der Waals surface area (Å²) in [4.78, 5) is 11.4. The normalized spacial score (nSPS) is 26.9. The Balaban J connectivity index is 2.34. The molecule has 1 rings (SSSR count). The Kier molecular flexibility index (Phi) is 8.25. The van der Waals surface area contributed by atoms with Crippen LogP contribution in [0.1, 0.15) is 85.0 Å². The topological polar surface area (TPSA) is 37.3 Å². The fourth-order valence-electron chi connectivity index (χ4n) is 3.74. The first-order valence-corrected chi connectivity index (χ1v) is 8.79. The van der Waals surface area contributed by atoms with Crippen LogP contribution in [-0.2, 0) is 4.79 Å². The molecule has 1 aliphatic carbocycles. The van der Waals surface area contributed by atoms with E-state index in [2.05, 4.69) is 20.8 Å². The van der Waals surface area contributed by atoms with Crippen molar-refractivity contribution in [2.75, 3.05) is 0 Å². The Morgan fingerprint density at radius 2 is 1.75 bits per heavy atom. The molecule has 118 valence electrons. The molecule has 0 aromatic rings. The smallest absolute Gasteiger partial charge is 0.306 e. The van der Waals surface area contributed by atoms with Crippen molar-refractivity contribution in [3.8, 4) is 0 Å². The molecule has 0 amide bonds. The molecule has 0 saturated heterocycles. The number of unbranched alkanes of at least 4 members (excludes halogenated alkanes) is 5. The van der Waals surface area contributed by atoms with Crippen LogP contribution in [0.3, 0.4) is 0 Å². The highest BCUT2D eigenvalue weighted by Crippen LogP contribution is 2.40. The van der Waals surface area contributed by atoms with Gasteiger partial charge < -0.3 is 5.11 Å². The predicted octanol–water partition coefficient (Wildman–Crippen LogP) is 5.51. The molecule has 1 aliphatic rings. The third-order valence-electron chi connectivity index (χ3n) is 5.21. The lowest BCUT2D eigenvalue weighted by atomic mass is 9.69. The van der Waals surface area contributed by atoms with Gasteiger partial charge in [0.15, 0.2) is 0 Å². The zero-order chi connectivity index (χ0) is 15.0. The van der Waals surface area contributed by atoms with Crippen molar-refractivity contribution in [3.63, 3.8) is 0 Å². The van der Waals surface area contributed by atoms with Gasteiger partial charge in [-0.2, -0.15) is 0 Å². The third kappa shape index (κ3) is 5.85. The summed E-state index contributed by atoms with van der Waals surface area (Å²) in [7, 11) is 0. The van der Waals surface area contributed by atoms with Crippen LogP contribution in [0.15, 0.2) is 0 Å². The van der Waals surface area contributed by atoms with Crippen LogP contribution in [0.2, 0.25) is 0 Å². The molecule has 20 heavy (non-hydrogen) atoms. The molecule has 1 N–H and O–H groups in total. The zero-order valence-electron chi connectivity index (χ0n) is 13.7.